The summed E-state index contributed by atoms with van der Waals surface area (Å²) in [6.45, 7) is 7.46. The van der Waals surface area contributed by atoms with Gasteiger partial charge in [-0.2, -0.15) is 0 Å². The summed E-state index contributed by atoms with van der Waals surface area (Å²) in [4.78, 5) is 35.4. The second-order valence-electron chi connectivity index (χ2n) is 8.14. The summed E-state index contributed by atoms with van der Waals surface area (Å²) >= 11 is 0. The van der Waals surface area contributed by atoms with Gasteiger partial charge in [-0.25, -0.2) is 9.59 Å². The van der Waals surface area contributed by atoms with Crippen LogP contribution in [0.1, 0.15) is 77.7 Å². The van der Waals surface area contributed by atoms with Crippen molar-refractivity contribution in [1.29, 1.82) is 0 Å². The summed E-state index contributed by atoms with van der Waals surface area (Å²) in [5.41, 5.74) is 1.20. The average molecular weight is 491 g/mol. The number of benzene rings is 1. The highest BCUT2D eigenvalue weighted by Crippen LogP contribution is 2.40. The van der Waals surface area contributed by atoms with Crippen molar-refractivity contribution in [3.8, 4) is 0 Å². The predicted octanol–water partition coefficient (Wildman–Crippen LogP) is 6.43. The molecule has 1 aromatic carbocycles. The number of allylic oxidation sites excluding steroid dienone is 2. The number of nitrogens with zero attached hydrogens (tertiary/aromatic N) is 1. The monoisotopic (exact) mass is 490 g/mol. The SMILES string of the molecule is CCCCCCCCOC(=O)OC1=C(C)NC(C)=C(OC(=O)OCC)C1c1cccc([N+](=O)[O-])c1. The molecular formula is C25H34N2O8. The van der Waals surface area contributed by atoms with Gasteiger partial charge in [0.15, 0.2) is 0 Å². The van der Waals surface area contributed by atoms with Crippen LogP contribution in [0.5, 0.6) is 0 Å². The number of dihydropyridines is 1. The fourth-order valence-corrected chi connectivity index (χ4v) is 3.74. The number of hydrogen-bond acceptors (Lipinski definition) is 9. The van der Waals surface area contributed by atoms with Crippen molar-refractivity contribution >= 4 is 18.0 Å². The molecule has 1 aliphatic heterocycles. The Hall–Kier alpha value is -3.56. The fourth-order valence-electron chi connectivity index (χ4n) is 3.74. The van der Waals surface area contributed by atoms with Crippen LogP contribution in [0.25, 0.3) is 0 Å². The number of nitrogens with one attached hydrogen (secondary N) is 1. The van der Waals surface area contributed by atoms with Crippen LogP contribution in [0.15, 0.2) is 47.2 Å². The third kappa shape index (κ3) is 8.31. The number of rotatable bonds is 12. The molecule has 1 heterocycles. The number of nitro groups is 1. The van der Waals surface area contributed by atoms with Crippen molar-refractivity contribution in [3.05, 3.63) is 62.9 Å². The molecule has 0 spiro atoms. The van der Waals surface area contributed by atoms with Gasteiger partial charge in [0.25, 0.3) is 5.69 Å². The van der Waals surface area contributed by atoms with E-state index in [2.05, 4.69) is 12.2 Å². The lowest BCUT2D eigenvalue weighted by molar-refractivity contribution is -0.384. The van der Waals surface area contributed by atoms with Crippen molar-refractivity contribution in [2.75, 3.05) is 13.2 Å². The summed E-state index contributed by atoms with van der Waals surface area (Å²) in [6.07, 6.45) is 4.40. The highest BCUT2D eigenvalue weighted by Gasteiger charge is 2.36. The van der Waals surface area contributed by atoms with E-state index in [0.717, 1.165) is 32.1 Å². The molecule has 0 radical (unpaired) electrons. The second-order valence-corrected chi connectivity index (χ2v) is 8.14. The Morgan fingerprint density at radius 3 is 2.14 bits per heavy atom. The Bertz CT molecular complexity index is 970. The molecule has 192 valence electrons. The molecule has 0 saturated heterocycles. The first-order chi connectivity index (χ1) is 16.8. The molecule has 1 unspecified atom stereocenters. The van der Waals surface area contributed by atoms with Crippen LogP contribution in [0, 0.1) is 10.1 Å². The molecular weight excluding hydrogens is 456 g/mol. The third-order valence-corrected chi connectivity index (χ3v) is 5.42. The van der Waals surface area contributed by atoms with Crippen LogP contribution in [0.2, 0.25) is 0 Å². The van der Waals surface area contributed by atoms with Crippen LogP contribution in [0.4, 0.5) is 15.3 Å². The molecule has 1 N–H and O–H groups in total. The minimum Gasteiger partial charge on any atom is -0.434 e. The molecule has 0 aliphatic carbocycles. The molecule has 0 amide bonds. The third-order valence-electron chi connectivity index (χ3n) is 5.42. The molecule has 0 fully saturated rings. The van der Waals surface area contributed by atoms with Gasteiger partial charge in [0.05, 0.1) is 29.5 Å². The van der Waals surface area contributed by atoms with Crippen molar-refractivity contribution in [3.63, 3.8) is 0 Å². The maximum atomic E-state index is 12.5. The Kier molecular flexibility index (Phi) is 11.1. The van der Waals surface area contributed by atoms with E-state index in [9.17, 15) is 19.7 Å². The van der Waals surface area contributed by atoms with E-state index in [1.807, 2.05) is 0 Å². The molecule has 0 saturated carbocycles. The van der Waals surface area contributed by atoms with Gasteiger partial charge in [-0.1, -0.05) is 51.2 Å². The first-order valence-electron chi connectivity index (χ1n) is 11.9. The molecule has 1 aromatic rings. The van der Waals surface area contributed by atoms with Crippen molar-refractivity contribution in [2.24, 2.45) is 0 Å². The van der Waals surface area contributed by atoms with E-state index in [-0.39, 0.29) is 30.4 Å². The van der Waals surface area contributed by atoms with E-state index in [0.29, 0.717) is 17.0 Å². The number of non-ortho nitro benzene ring substituents is 1. The Morgan fingerprint density at radius 2 is 1.54 bits per heavy atom. The van der Waals surface area contributed by atoms with E-state index < -0.39 is 23.2 Å². The largest absolute Gasteiger partial charge is 0.513 e. The standard InChI is InChI=1S/C25H34N2O8/c1-5-7-8-9-10-11-15-33-25(29)35-23-18(4)26-17(3)22(34-24(28)32-6-2)21(23)19-13-12-14-20(16-19)27(30)31/h12-14,16,21,26H,5-11,15H2,1-4H3. The van der Waals surface area contributed by atoms with E-state index in [4.69, 9.17) is 18.9 Å². The number of carbonyl (C=O) groups is 2. The molecule has 1 aliphatic rings. The van der Waals surface area contributed by atoms with Crippen LogP contribution in [-0.2, 0) is 18.9 Å². The van der Waals surface area contributed by atoms with E-state index in [1.54, 1.807) is 26.8 Å². The van der Waals surface area contributed by atoms with Crippen LogP contribution in [0.3, 0.4) is 0 Å². The van der Waals surface area contributed by atoms with Crippen molar-refractivity contribution in [2.45, 2.75) is 72.1 Å². The number of ether oxygens (including phenoxy) is 4. The molecule has 1 atom stereocenters. The van der Waals surface area contributed by atoms with Gasteiger partial charge in [-0.05, 0) is 32.8 Å². The topological polar surface area (TPSA) is 126 Å². The molecule has 2 rings (SSSR count). The average Bonchev–Trinajstić information content (AvgIpc) is 2.81. The van der Waals surface area contributed by atoms with Gasteiger partial charge in [0, 0.05) is 12.1 Å². The predicted molar refractivity (Wildman–Crippen MR) is 128 cm³/mol. The van der Waals surface area contributed by atoms with Crippen LogP contribution in [-0.4, -0.2) is 30.4 Å². The first kappa shape index (κ1) is 27.7. The lowest BCUT2D eigenvalue weighted by Crippen LogP contribution is -2.29. The number of hydrogen-bond donors (Lipinski definition) is 1. The maximum Gasteiger partial charge on any atom is 0.513 e. The first-order valence-corrected chi connectivity index (χ1v) is 11.9. The number of carbonyl (C=O) groups excluding carboxylic acids is 2. The summed E-state index contributed by atoms with van der Waals surface area (Å²) in [5, 5.41) is 14.4. The molecule has 0 aromatic heterocycles. The number of nitro benzene ring substituents is 1. The van der Waals surface area contributed by atoms with Gasteiger partial charge < -0.3 is 24.3 Å². The van der Waals surface area contributed by atoms with Gasteiger partial charge in [0.1, 0.15) is 17.4 Å². The summed E-state index contributed by atoms with van der Waals surface area (Å²) in [5.74, 6) is -0.696. The zero-order valence-electron chi connectivity index (χ0n) is 20.8. The molecule has 10 heteroatoms. The summed E-state index contributed by atoms with van der Waals surface area (Å²) in [7, 11) is 0. The minimum atomic E-state index is -0.941. The van der Waals surface area contributed by atoms with Gasteiger partial charge in [-0.15, -0.1) is 0 Å². The summed E-state index contributed by atoms with van der Waals surface area (Å²) in [6, 6.07) is 5.83. The van der Waals surface area contributed by atoms with E-state index >= 15 is 0 Å². The summed E-state index contributed by atoms with van der Waals surface area (Å²) < 4.78 is 21.1. The molecule has 10 nitrogen and oxygen atoms in total. The van der Waals surface area contributed by atoms with Gasteiger partial charge in [0.2, 0.25) is 0 Å². The zero-order valence-corrected chi connectivity index (χ0v) is 20.8. The Balaban J connectivity index is 2.24. The Morgan fingerprint density at radius 1 is 0.943 bits per heavy atom. The minimum absolute atomic E-state index is 0.100. The fraction of sp³-hybridized carbons (Fsp3) is 0.520. The number of unbranched alkanes of at least 4 members (excludes halogenated alkanes) is 5. The quantitative estimate of drug-likeness (QED) is 0.152. The van der Waals surface area contributed by atoms with E-state index in [1.165, 1.54) is 24.6 Å². The smallest absolute Gasteiger partial charge is 0.434 e. The van der Waals surface area contributed by atoms with Crippen molar-refractivity contribution in [1.82, 2.24) is 5.32 Å². The van der Waals surface area contributed by atoms with Gasteiger partial charge in [-0.3, -0.25) is 10.1 Å². The van der Waals surface area contributed by atoms with Crippen LogP contribution >= 0.6 is 0 Å². The normalized spacial score (nSPS) is 15.4. The highest BCUT2D eigenvalue weighted by atomic mass is 16.7. The van der Waals surface area contributed by atoms with Crippen LogP contribution < -0.4 is 5.32 Å². The maximum absolute atomic E-state index is 12.5. The lowest BCUT2D eigenvalue weighted by atomic mass is 9.90. The van der Waals surface area contributed by atoms with Crippen molar-refractivity contribution < 1.29 is 33.5 Å². The van der Waals surface area contributed by atoms with Gasteiger partial charge >= 0.3 is 12.3 Å². The Labute approximate surface area is 205 Å². The zero-order chi connectivity index (χ0) is 25.8. The highest BCUT2D eigenvalue weighted by molar-refractivity contribution is 5.65. The second kappa shape index (κ2) is 14.0. The molecule has 0 bridgehead atoms. The lowest BCUT2D eigenvalue weighted by Gasteiger charge is -2.30. The molecule has 35 heavy (non-hydrogen) atoms.